The zero-order valence-corrected chi connectivity index (χ0v) is 26.1. The van der Waals surface area contributed by atoms with Gasteiger partial charge in [-0.3, -0.25) is 13.9 Å². The Balaban J connectivity index is 2.08. The van der Waals surface area contributed by atoms with E-state index < -0.39 is 34.3 Å². The SMILES string of the molecule is CC[C@H](C(=O)N[C@@H](C)CC)N(Cc1ccc(Cl)cc1Cl)C(=O)CN(c1ccc(F)cc1)S(=O)(=O)c1ccc(OC)cc1. The highest BCUT2D eigenvalue weighted by Crippen LogP contribution is 2.28. The molecule has 0 aromatic heterocycles. The molecule has 3 aromatic carbocycles. The van der Waals surface area contributed by atoms with Gasteiger partial charge in [-0.2, -0.15) is 0 Å². The van der Waals surface area contributed by atoms with Gasteiger partial charge in [-0.15, -0.1) is 0 Å². The molecule has 0 radical (unpaired) electrons. The van der Waals surface area contributed by atoms with E-state index in [1.54, 1.807) is 19.1 Å². The Hall–Kier alpha value is -3.34. The summed E-state index contributed by atoms with van der Waals surface area (Å²) in [5.41, 5.74) is 0.595. The van der Waals surface area contributed by atoms with Crippen LogP contribution in [0.2, 0.25) is 10.0 Å². The van der Waals surface area contributed by atoms with Gasteiger partial charge < -0.3 is 15.0 Å². The lowest BCUT2D eigenvalue weighted by Crippen LogP contribution is -2.53. The summed E-state index contributed by atoms with van der Waals surface area (Å²) in [7, 11) is -2.86. The third-order valence-corrected chi connectivity index (χ3v) is 9.16. The number of rotatable bonds is 13. The predicted octanol–water partition coefficient (Wildman–Crippen LogP) is 6.06. The number of methoxy groups -OCH3 is 1. The van der Waals surface area contributed by atoms with Crippen LogP contribution in [0.25, 0.3) is 0 Å². The van der Waals surface area contributed by atoms with Crippen molar-refractivity contribution in [3.05, 3.63) is 88.2 Å². The predicted molar refractivity (Wildman–Crippen MR) is 163 cm³/mol. The molecular formula is C30H34Cl2FN3O5S. The van der Waals surface area contributed by atoms with Crippen LogP contribution in [0, 0.1) is 5.82 Å². The first-order valence-electron chi connectivity index (χ1n) is 13.4. The van der Waals surface area contributed by atoms with E-state index in [4.69, 9.17) is 27.9 Å². The fourth-order valence-electron chi connectivity index (χ4n) is 4.21. The van der Waals surface area contributed by atoms with Crippen LogP contribution >= 0.6 is 23.2 Å². The fraction of sp³-hybridized carbons (Fsp3) is 0.333. The third kappa shape index (κ3) is 8.14. The van der Waals surface area contributed by atoms with E-state index in [0.717, 1.165) is 16.4 Å². The Labute approximate surface area is 256 Å². The van der Waals surface area contributed by atoms with E-state index in [2.05, 4.69) is 5.32 Å². The number of benzene rings is 3. The molecule has 0 saturated heterocycles. The monoisotopic (exact) mass is 637 g/mol. The van der Waals surface area contributed by atoms with E-state index >= 15 is 0 Å². The standard InChI is InChI=1S/C30H34Cl2FN3O5S/c1-5-20(3)34-30(38)28(6-2)35(18-21-7-8-22(31)17-27(21)32)29(37)19-36(24-11-9-23(33)10-12-24)42(39,40)26-15-13-25(41-4)14-16-26/h7-17,20,28H,5-6,18-19H2,1-4H3,(H,34,38)/t20-,28+/m0/s1. The zero-order chi connectivity index (χ0) is 31.0. The van der Waals surface area contributed by atoms with Crippen molar-refractivity contribution in [1.82, 2.24) is 10.2 Å². The molecule has 1 N–H and O–H groups in total. The highest BCUT2D eigenvalue weighted by molar-refractivity contribution is 7.92. The summed E-state index contributed by atoms with van der Waals surface area (Å²) >= 11 is 12.5. The Morgan fingerprint density at radius 2 is 1.62 bits per heavy atom. The molecule has 0 fully saturated rings. The van der Waals surface area contributed by atoms with Crippen molar-refractivity contribution in [3.63, 3.8) is 0 Å². The van der Waals surface area contributed by atoms with Crippen molar-refractivity contribution in [1.29, 1.82) is 0 Å². The molecule has 0 unspecified atom stereocenters. The third-order valence-electron chi connectivity index (χ3n) is 6.78. The summed E-state index contributed by atoms with van der Waals surface area (Å²) < 4.78 is 47.6. The van der Waals surface area contributed by atoms with Crippen LogP contribution in [0.5, 0.6) is 5.75 Å². The molecule has 0 bridgehead atoms. The topological polar surface area (TPSA) is 96.0 Å². The van der Waals surface area contributed by atoms with Gasteiger partial charge in [0.25, 0.3) is 10.0 Å². The molecule has 2 amide bonds. The Kier molecular flexibility index (Phi) is 11.6. The van der Waals surface area contributed by atoms with E-state index in [1.165, 1.54) is 54.5 Å². The molecular weight excluding hydrogens is 604 g/mol. The van der Waals surface area contributed by atoms with E-state index in [0.29, 0.717) is 27.8 Å². The average Bonchev–Trinajstić information content (AvgIpc) is 2.97. The first kappa shape index (κ1) is 33.2. The Morgan fingerprint density at radius 1 is 0.976 bits per heavy atom. The Bertz CT molecular complexity index is 1490. The van der Waals surface area contributed by atoms with Crippen LogP contribution in [-0.4, -0.2) is 50.9 Å². The maximum Gasteiger partial charge on any atom is 0.264 e. The number of carbonyl (C=O) groups excluding carboxylic acids is 2. The number of carbonyl (C=O) groups is 2. The van der Waals surface area contributed by atoms with Gasteiger partial charge in [-0.25, -0.2) is 12.8 Å². The largest absolute Gasteiger partial charge is 0.497 e. The fourth-order valence-corrected chi connectivity index (χ4v) is 6.09. The number of nitrogens with zero attached hydrogens (tertiary/aromatic N) is 2. The lowest BCUT2D eigenvalue weighted by molar-refractivity contribution is -0.140. The number of nitrogens with one attached hydrogen (secondary N) is 1. The van der Waals surface area contributed by atoms with Crippen molar-refractivity contribution in [2.45, 2.75) is 57.1 Å². The van der Waals surface area contributed by atoms with E-state index in [-0.39, 0.29) is 35.5 Å². The van der Waals surface area contributed by atoms with Gasteiger partial charge in [0.05, 0.1) is 17.7 Å². The molecule has 8 nitrogen and oxygen atoms in total. The second kappa shape index (κ2) is 14.7. The number of halogens is 3. The normalized spacial score (nSPS) is 12.7. The van der Waals surface area contributed by atoms with Crippen LogP contribution in [0.1, 0.15) is 39.2 Å². The summed E-state index contributed by atoms with van der Waals surface area (Å²) in [5.74, 6) is -1.16. The van der Waals surface area contributed by atoms with Gasteiger partial charge >= 0.3 is 0 Å². The van der Waals surface area contributed by atoms with E-state index in [1.807, 2.05) is 13.8 Å². The average molecular weight is 639 g/mol. The molecule has 0 aliphatic rings. The smallest absolute Gasteiger partial charge is 0.264 e. The van der Waals surface area contributed by atoms with Crippen LogP contribution in [0.4, 0.5) is 10.1 Å². The molecule has 0 saturated carbocycles. The maximum absolute atomic E-state index is 14.1. The molecule has 3 aromatic rings. The molecule has 12 heteroatoms. The molecule has 2 atom stereocenters. The van der Waals surface area contributed by atoms with Crippen LogP contribution in [0.15, 0.2) is 71.6 Å². The minimum Gasteiger partial charge on any atom is -0.497 e. The van der Waals surface area contributed by atoms with Crippen molar-refractivity contribution in [2.24, 2.45) is 0 Å². The maximum atomic E-state index is 14.1. The molecule has 42 heavy (non-hydrogen) atoms. The van der Waals surface area contributed by atoms with E-state index in [9.17, 15) is 22.4 Å². The molecule has 226 valence electrons. The van der Waals surface area contributed by atoms with Crippen LogP contribution < -0.4 is 14.4 Å². The number of hydrogen-bond acceptors (Lipinski definition) is 5. The summed E-state index contributed by atoms with van der Waals surface area (Å²) in [6.45, 7) is 4.79. The molecule has 0 aliphatic heterocycles. The lowest BCUT2D eigenvalue weighted by Gasteiger charge is -2.34. The Morgan fingerprint density at radius 3 is 2.17 bits per heavy atom. The lowest BCUT2D eigenvalue weighted by atomic mass is 10.1. The second-order valence-corrected chi connectivity index (χ2v) is 12.4. The van der Waals surface area contributed by atoms with Crippen molar-refractivity contribution < 1.29 is 27.1 Å². The first-order valence-corrected chi connectivity index (χ1v) is 15.6. The second-order valence-electron chi connectivity index (χ2n) is 9.66. The highest BCUT2D eigenvalue weighted by Gasteiger charge is 2.34. The minimum absolute atomic E-state index is 0.0714. The number of amides is 2. The number of anilines is 1. The number of hydrogen-bond donors (Lipinski definition) is 1. The zero-order valence-electron chi connectivity index (χ0n) is 23.8. The van der Waals surface area contributed by atoms with Crippen molar-refractivity contribution >= 4 is 50.7 Å². The van der Waals surface area contributed by atoms with Gasteiger partial charge in [0.1, 0.15) is 24.2 Å². The number of sulfonamides is 1. The van der Waals surface area contributed by atoms with Gasteiger partial charge in [-0.1, -0.05) is 43.1 Å². The highest BCUT2D eigenvalue weighted by atomic mass is 35.5. The van der Waals surface area contributed by atoms with Crippen molar-refractivity contribution in [3.8, 4) is 5.75 Å². The van der Waals surface area contributed by atoms with Gasteiger partial charge in [0.15, 0.2) is 0 Å². The van der Waals surface area contributed by atoms with Gasteiger partial charge in [0, 0.05) is 22.6 Å². The quantitative estimate of drug-likeness (QED) is 0.246. The molecule has 0 heterocycles. The first-order chi connectivity index (χ1) is 19.9. The van der Waals surface area contributed by atoms with Crippen molar-refractivity contribution in [2.75, 3.05) is 18.0 Å². The summed E-state index contributed by atoms with van der Waals surface area (Å²) in [4.78, 5) is 28.6. The summed E-state index contributed by atoms with van der Waals surface area (Å²) in [5, 5.41) is 3.60. The summed E-state index contributed by atoms with van der Waals surface area (Å²) in [6.07, 6.45) is 0.929. The number of ether oxygens (including phenoxy) is 1. The van der Waals surface area contributed by atoms with Crippen LogP contribution in [0.3, 0.4) is 0 Å². The van der Waals surface area contributed by atoms with Gasteiger partial charge in [-0.05, 0) is 86.0 Å². The van der Waals surface area contributed by atoms with Crippen LogP contribution in [-0.2, 0) is 26.2 Å². The minimum atomic E-state index is -4.32. The van der Waals surface area contributed by atoms with Gasteiger partial charge in [0.2, 0.25) is 11.8 Å². The molecule has 0 aliphatic carbocycles. The molecule has 0 spiro atoms. The molecule has 3 rings (SSSR count). The summed E-state index contributed by atoms with van der Waals surface area (Å²) in [6, 6.07) is 14.2.